The van der Waals surface area contributed by atoms with Crippen molar-refractivity contribution in [3.8, 4) is 11.5 Å². The normalized spacial score (nSPS) is 10.5. The summed E-state index contributed by atoms with van der Waals surface area (Å²) in [6, 6.07) is 9.03. The molecule has 0 heterocycles. The second-order valence-corrected chi connectivity index (χ2v) is 4.27. The van der Waals surface area contributed by atoms with Crippen molar-refractivity contribution in [2.45, 2.75) is 13.3 Å². The topological polar surface area (TPSA) is 35.2 Å². The van der Waals surface area contributed by atoms with Crippen LogP contribution in [0.4, 0.5) is 8.78 Å². The summed E-state index contributed by atoms with van der Waals surface area (Å²) in [5, 5.41) is 0. The minimum absolute atomic E-state index is 0.297. The fraction of sp³-hybridized carbons (Fsp3) is 0.200. The summed E-state index contributed by atoms with van der Waals surface area (Å²) in [6.45, 7) is 1.98. The Morgan fingerprint density at radius 1 is 1.11 bits per heavy atom. The van der Waals surface area contributed by atoms with Gasteiger partial charge in [0.15, 0.2) is 0 Å². The van der Waals surface area contributed by atoms with Crippen LogP contribution < -0.4 is 10.5 Å². The lowest BCUT2D eigenvalue weighted by Crippen LogP contribution is -2.06. The Morgan fingerprint density at radius 3 is 2.58 bits per heavy atom. The van der Waals surface area contributed by atoms with E-state index < -0.39 is 0 Å². The van der Waals surface area contributed by atoms with Gasteiger partial charge in [-0.1, -0.05) is 6.07 Å². The van der Waals surface area contributed by atoms with E-state index in [1.165, 1.54) is 18.2 Å². The Bertz CT molecular complexity index is 584. The molecule has 0 atom stereocenters. The maximum Gasteiger partial charge on any atom is 0.133 e. The zero-order chi connectivity index (χ0) is 13.8. The molecule has 0 radical (unpaired) electrons. The third-order valence-corrected chi connectivity index (χ3v) is 2.83. The lowest BCUT2D eigenvalue weighted by atomic mass is 10.1. The van der Waals surface area contributed by atoms with E-state index in [9.17, 15) is 8.78 Å². The molecule has 4 heteroatoms. The van der Waals surface area contributed by atoms with E-state index in [-0.39, 0.29) is 11.6 Å². The average Bonchev–Trinajstić information content (AvgIpc) is 2.38. The molecule has 2 aromatic rings. The third-order valence-electron chi connectivity index (χ3n) is 2.83. The van der Waals surface area contributed by atoms with E-state index in [0.29, 0.717) is 35.6 Å². The van der Waals surface area contributed by atoms with Gasteiger partial charge in [-0.2, -0.15) is 0 Å². The first-order valence-corrected chi connectivity index (χ1v) is 6.03. The van der Waals surface area contributed by atoms with Crippen molar-refractivity contribution in [1.29, 1.82) is 0 Å². The molecule has 0 saturated heterocycles. The summed E-state index contributed by atoms with van der Waals surface area (Å²) in [7, 11) is 0. The van der Waals surface area contributed by atoms with Crippen molar-refractivity contribution in [2.75, 3.05) is 6.54 Å². The van der Waals surface area contributed by atoms with Crippen molar-refractivity contribution >= 4 is 0 Å². The van der Waals surface area contributed by atoms with Crippen LogP contribution in [0, 0.1) is 18.6 Å². The fourth-order valence-corrected chi connectivity index (χ4v) is 1.83. The number of halogens is 2. The minimum atomic E-state index is -0.346. The zero-order valence-electron chi connectivity index (χ0n) is 10.6. The van der Waals surface area contributed by atoms with Gasteiger partial charge in [0.25, 0.3) is 0 Å². The first-order valence-electron chi connectivity index (χ1n) is 6.03. The summed E-state index contributed by atoms with van der Waals surface area (Å²) in [4.78, 5) is 0. The van der Waals surface area contributed by atoms with Crippen LogP contribution in [0.2, 0.25) is 0 Å². The quantitative estimate of drug-likeness (QED) is 0.915. The smallest absolute Gasteiger partial charge is 0.133 e. The lowest BCUT2D eigenvalue weighted by Gasteiger charge is -2.12. The molecular formula is C15H15F2NO. The van der Waals surface area contributed by atoms with Gasteiger partial charge in [0, 0.05) is 5.56 Å². The van der Waals surface area contributed by atoms with Crippen LogP contribution in [0.5, 0.6) is 11.5 Å². The summed E-state index contributed by atoms with van der Waals surface area (Å²) < 4.78 is 32.5. The van der Waals surface area contributed by atoms with Gasteiger partial charge in [-0.05, 0) is 55.8 Å². The van der Waals surface area contributed by atoms with E-state index >= 15 is 0 Å². The Labute approximate surface area is 110 Å². The van der Waals surface area contributed by atoms with Gasteiger partial charge in [0.1, 0.15) is 23.1 Å². The highest BCUT2D eigenvalue weighted by Crippen LogP contribution is 2.28. The monoisotopic (exact) mass is 263 g/mol. The molecule has 100 valence electrons. The van der Waals surface area contributed by atoms with Crippen LogP contribution in [0.1, 0.15) is 11.1 Å². The molecule has 2 aromatic carbocycles. The molecule has 19 heavy (non-hydrogen) atoms. The van der Waals surface area contributed by atoms with Crippen LogP contribution in [0.3, 0.4) is 0 Å². The molecule has 0 aromatic heterocycles. The van der Waals surface area contributed by atoms with E-state index in [0.717, 1.165) is 0 Å². The molecule has 0 saturated carbocycles. The van der Waals surface area contributed by atoms with Crippen molar-refractivity contribution in [1.82, 2.24) is 0 Å². The summed E-state index contributed by atoms with van der Waals surface area (Å²) in [5.41, 5.74) is 6.38. The maximum absolute atomic E-state index is 13.7. The Kier molecular flexibility index (Phi) is 4.12. The highest BCUT2D eigenvalue weighted by Gasteiger charge is 2.10. The summed E-state index contributed by atoms with van der Waals surface area (Å²) in [5.74, 6) is 0.245. The Balaban J connectivity index is 2.32. The Hall–Kier alpha value is -1.94. The van der Waals surface area contributed by atoms with Crippen LogP contribution in [-0.2, 0) is 6.42 Å². The van der Waals surface area contributed by atoms with Crippen LogP contribution in [-0.4, -0.2) is 6.54 Å². The van der Waals surface area contributed by atoms with E-state index in [2.05, 4.69) is 0 Å². The second-order valence-electron chi connectivity index (χ2n) is 4.27. The number of hydrogen-bond donors (Lipinski definition) is 1. The van der Waals surface area contributed by atoms with Crippen LogP contribution >= 0.6 is 0 Å². The number of ether oxygens (including phenoxy) is 1. The van der Waals surface area contributed by atoms with Gasteiger partial charge in [0.05, 0.1) is 0 Å². The second kappa shape index (κ2) is 5.80. The predicted octanol–water partition coefficient (Wildman–Crippen LogP) is 3.57. The first-order chi connectivity index (χ1) is 9.11. The number of aryl methyl sites for hydroxylation is 1. The molecule has 0 spiro atoms. The van der Waals surface area contributed by atoms with Crippen molar-refractivity contribution in [3.63, 3.8) is 0 Å². The first kappa shape index (κ1) is 13.5. The number of rotatable bonds is 4. The number of nitrogens with two attached hydrogens (primary N) is 1. The average molecular weight is 263 g/mol. The van der Waals surface area contributed by atoms with Gasteiger partial charge >= 0.3 is 0 Å². The van der Waals surface area contributed by atoms with Gasteiger partial charge in [-0.15, -0.1) is 0 Å². The predicted molar refractivity (Wildman–Crippen MR) is 70.4 cm³/mol. The molecule has 2 N–H and O–H groups in total. The highest BCUT2D eigenvalue weighted by atomic mass is 19.1. The molecule has 0 amide bonds. The van der Waals surface area contributed by atoms with Crippen molar-refractivity contribution in [2.24, 2.45) is 5.73 Å². The molecule has 0 aliphatic carbocycles. The number of hydrogen-bond acceptors (Lipinski definition) is 2. The van der Waals surface area contributed by atoms with Gasteiger partial charge < -0.3 is 10.5 Å². The number of benzene rings is 2. The molecule has 0 aliphatic rings. The van der Waals surface area contributed by atoms with E-state index in [4.69, 9.17) is 10.5 Å². The summed E-state index contributed by atoms with van der Waals surface area (Å²) >= 11 is 0. The zero-order valence-corrected chi connectivity index (χ0v) is 10.6. The summed E-state index contributed by atoms with van der Waals surface area (Å²) in [6.07, 6.45) is 0.391. The maximum atomic E-state index is 13.7. The van der Waals surface area contributed by atoms with Crippen LogP contribution in [0.15, 0.2) is 36.4 Å². The molecule has 0 unspecified atom stereocenters. The molecule has 0 fully saturated rings. The van der Waals surface area contributed by atoms with Crippen LogP contribution in [0.25, 0.3) is 0 Å². The SMILES string of the molecule is Cc1cc(Oc2cccc(F)c2CCN)ccc1F. The minimum Gasteiger partial charge on any atom is -0.457 e. The van der Waals surface area contributed by atoms with Crippen molar-refractivity contribution < 1.29 is 13.5 Å². The van der Waals surface area contributed by atoms with E-state index in [1.54, 1.807) is 25.1 Å². The standard InChI is InChI=1S/C15H15F2NO/c1-10-9-11(5-6-13(10)16)19-15-4-2-3-14(17)12(15)7-8-18/h2-6,9H,7-8,18H2,1H3. The molecule has 2 nitrogen and oxygen atoms in total. The van der Waals surface area contributed by atoms with Gasteiger partial charge in [0.2, 0.25) is 0 Å². The highest BCUT2D eigenvalue weighted by molar-refractivity contribution is 5.40. The molecule has 0 aliphatic heterocycles. The fourth-order valence-electron chi connectivity index (χ4n) is 1.83. The van der Waals surface area contributed by atoms with Gasteiger partial charge in [-0.3, -0.25) is 0 Å². The van der Waals surface area contributed by atoms with Crippen molar-refractivity contribution in [3.05, 3.63) is 59.2 Å². The largest absolute Gasteiger partial charge is 0.457 e. The molecular weight excluding hydrogens is 248 g/mol. The molecule has 0 bridgehead atoms. The lowest BCUT2D eigenvalue weighted by molar-refractivity contribution is 0.465. The Morgan fingerprint density at radius 2 is 1.89 bits per heavy atom. The van der Waals surface area contributed by atoms with Gasteiger partial charge in [-0.25, -0.2) is 8.78 Å². The van der Waals surface area contributed by atoms with E-state index in [1.807, 2.05) is 0 Å². The third kappa shape index (κ3) is 3.09. The molecule has 2 rings (SSSR count).